The number of hydrogen-bond acceptors (Lipinski definition) is 4. The number of nitrogens with zero attached hydrogens (tertiary/aromatic N) is 2. The molecule has 5 atom stereocenters. The van der Waals surface area contributed by atoms with Gasteiger partial charge in [0, 0.05) is 50.0 Å². The summed E-state index contributed by atoms with van der Waals surface area (Å²) in [5.41, 5.74) is 4.24. The Labute approximate surface area is 180 Å². The van der Waals surface area contributed by atoms with Crippen LogP contribution in [0.15, 0.2) is 53.6 Å². The molecule has 4 heteroatoms. The molecule has 4 nitrogen and oxygen atoms in total. The molecular formula is C26H34N2O2. The van der Waals surface area contributed by atoms with E-state index in [0.29, 0.717) is 24.3 Å². The molecule has 0 aromatic heterocycles. The van der Waals surface area contributed by atoms with Crippen LogP contribution in [-0.4, -0.2) is 59.0 Å². The van der Waals surface area contributed by atoms with Crippen molar-refractivity contribution in [3.63, 3.8) is 0 Å². The molecule has 2 aliphatic carbocycles. The fourth-order valence-corrected chi connectivity index (χ4v) is 6.07. The van der Waals surface area contributed by atoms with E-state index in [0.717, 1.165) is 51.7 Å². The molecule has 0 saturated carbocycles. The molecule has 1 fully saturated rings. The molecule has 1 aromatic rings. The predicted octanol–water partition coefficient (Wildman–Crippen LogP) is 3.57. The highest BCUT2D eigenvalue weighted by Crippen LogP contribution is 2.39. The first-order valence-electron chi connectivity index (χ1n) is 11.6. The Bertz CT molecular complexity index is 846. The summed E-state index contributed by atoms with van der Waals surface area (Å²) in [5, 5.41) is 10.7. The number of aliphatic hydroxyl groups is 1. The number of aliphatic hydroxyl groups excluding tert-OH is 1. The van der Waals surface area contributed by atoms with Gasteiger partial charge in [0.2, 0.25) is 0 Å². The molecule has 6 bridgehead atoms. The summed E-state index contributed by atoms with van der Waals surface area (Å²) in [7, 11) is 2.27. The van der Waals surface area contributed by atoms with Crippen LogP contribution in [0.4, 0.5) is 0 Å². The van der Waals surface area contributed by atoms with E-state index in [1.54, 1.807) is 0 Å². The van der Waals surface area contributed by atoms with Gasteiger partial charge < -0.3 is 10.0 Å². The lowest BCUT2D eigenvalue weighted by Crippen LogP contribution is -2.57. The minimum atomic E-state index is -0.387. The van der Waals surface area contributed by atoms with Crippen LogP contribution in [0.25, 0.3) is 0 Å². The zero-order valence-corrected chi connectivity index (χ0v) is 18.0. The number of piperazine rings is 1. The summed E-state index contributed by atoms with van der Waals surface area (Å²) < 4.78 is 0. The van der Waals surface area contributed by atoms with Crippen molar-refractivity contribution in [2.24, 2.45) is 11.8 Å². The number of ketones is 1. The number of hydrogen-bond donors (Lipinski definition) is 1. The van der Waals surface area contributed by atoms with E-state index in [-0.39, 0.29) is 17.9 Å². The molecule has 5 aliphatic rings. The maximum absolute atomic E-state index is 12.7. The quantitative estimate of drug-likeness (QED) is 0.763. The first-order valence-corrected chi connectivity index (χ1v) is 11.6. The molecule has 0 radical (unpaired) electrons. The lowest BCUT2D eigenvalue weighted by Gasteiger charge is -2.47. The lowest BCUT2D eigenvalue weighted by atomic mass is 9.72. The fourth-order valence-electron chi connectivity index (χ4n) is 6.07. The van der Waals surface area contributed by atoms with Gasteiger partial charge in [0.05, 0.1) is 6.10 Å². The van der Waals surface area contributed by atoms with Crippen molar-refractivity contribution in [1.82, 2.24) is 9.80 Å². The van der Waals surface area contributed by atoms with Gasteiger partial charge in [-0.25, -0.2) is 0 Å². The maximum Gasteiger partial charge on any atom is 0.140 e. The maximum atomic E-state index is 12.7. The second-order valence-corrected chi connectivity index (χ2v) is 9.90. The molecule has 3 aliphatic heterocycles. The topological polar surface area (TPSA) is 43.8 Å². The van der Waals surface area contributed by atoms with Crippen molar-refractivity contribution in [2.45, 2.75) is 63.3 Å². The third-order valence-corrected chi connectivity index (χ3v) is 7.84. The monoisotopic (exact) mass is 406 g/mol. The molecular weight excluding hydrogens is 372 g/mol. The second-order valence-electron chi connectivity index (χ2n) is 9.90. The van der Waals surface area contributed by atoms with Gasteiger partial charge in [0.25, 0.3) is 0 Å². The van der Waals surface area contributed by atoms with Crippen LogP contribution in [-0.2, 0) is 11.3 Å². The predicted molar refractivity (Wildman–Crippen MR) is 119 cm³/mol. The Morgan fingerprint density at radius 2 is 1.73 bits per heavy atom. The first-order chi connectivity index (χ1) is 14.6. The zero-order chi connectivity index (χ0) is 20.7. The SMILES string of the molecule is CN1C[C@@H]2CC3=C[C@@H]([C@H](O)CC3)[C@H]3C=C(CCC3=O)C[C@H]1CN2Cc1ccccc1. The average Bonchev–Trinajstić information content (AvgIpc) is 2.74. The van der Waals surface area contributed by atoms with Crippen molar-refractivity contribution in [3.05, 3.63) is 59.2 Å². The Balaban J connectivity index is 1.49. The van der Waals surface area contributed by atoms with E-state index in [9.17, 15) is 9.90 Å². The minimum Gasteiger partial charge on any atom is -0.392 e. The van der Waals surface area contributed by atoms with E-state index in [4.69, 9.17) is 0 Å². The molecule has 1 N–H and O–H groups in total. The number of rotatable bonds is 2. The van der Waals surface area contributed by atoms with E-state index in [2.05, 4.69) is 59.3 Å². The highest BCUT2D eigenvalue weighted by Gasteiger charge is 2.39. The van der Waals surface area contributed by atoms with Crippen molar-refractivity contribution < 1.29 is 9.90 Å². The molecule has 1 saturated heterocycles. The van der Waals surface area contributed by atoms with Gasteiger partial charge in [-0.3, -0.25) is 9.69 Å². The van der Waals surface area contributed by atoms with Crippen LogP contribution in [0.5, 0.6) is 0 Å². The van der Waals surface area contributed by atoms with E-state index >= 15 is 0 Å². The minimum absolute atomic E-state index is 0.0326. The molecule has 0 amide bonds. The largest absolute Gasteiger partial charge is 0.392 e. The van der Waals surface area contributed by atoms with Gasteiger partial charge in [0.1, 0.15) is 5.78 Å². The Hall–Kier alpha value is -1.75. The lowest BCUT2D eigenvalue weighted by molar-refractivity contribution is -0.124. The molecule has 160 valence electrons. The second kappa shape index (κ2) is 8.41. The molecule has 6 rings (SSSR count). The zero-order valence-electron chi connectivity index (χ0n) is 18.0. The summed E-state index contributed by atoms with van der Waals surface area (Å²) >= 11 is 0. The Morgan fingerprint density at radius 3 is 2.57 bits per heavy atom. The number of benzene rings is 1. The Morgan fingerprint density at radius 1 is 0.967 bits per heavy atom. The van der Waals surface area contributed by atoms with Crippen molar-refractivity contribution >= 4 is 5.78 Å². The van der Waals surface area contributed by atoms with Crippen LogP contribution in [0.2, 0.25) is 0 Å². The average molecular weight is 407 g/mol. The van der Waals surface area contributed by atoms with E-state index < -0.39 is 0 Å². The third-order valence-electron chi connectivity index (χ3n) is 7.84. The number of Topliss-reactive ketones (excluding diaryl/α,β-unsaturated/α-hetero) is 1. The summed E-state index contributed by atoms with van der Waals surface area (Å²) in [6.45, 7) is 3.15. The number of carbonyl (C=O) groups excluding carboxylic acids is 1. The molecule has 3 heterocycles. The molecule has 0 spiro atoms. The number of carbonyl (C=O) groups is 1. The standard InChI is InChI=1S/C26H34N2O2/c1-27-16-22-12-20-8-10-26(30)24(14-20)23-13-19(7-9-25(23)29)11-21(27)17-28(22)15-18-5-3-2-4-6-18/h2-6,13-14,21-24,26,30H,7-12,15-17H2,1H3/t21-,22-,23+,24+,26+/m0/s1. The first kappa shape index (κ1) is 20.2. The van der Waals surface area contributed by atoms with Crippen molar-refractivity contribution in [2.75, 3.05) is 20.1 Å². The molecule has 30 heavy (non-hydrogen) atoms. The number of fused-ring (bicyclic) bond motifs is 2. The van der Waals surface area contributed by atoms with Gasteiger partial charge in [-0.2, -0.15) is 0 Å². The third kappa shape index (κ3) is 4.05. The van der Waals surface area contributed by atoms with Gasteiger partial charge >= 0.3 is 0 Å². The van der Waals surface area contributed by atoms with Gasteiger partial charge in [0.15, 0.2) is 0 Å². The van der Waals surface area contributed by atoms with Crippen LogP contribution in [0.1, 0.15) is 44.1 Å². The van der Waals surface area contributed by atoms with Gasteiger partial charge in [-0.1, -0.05) is 53.6 Å². The van der Waals surface area contributed by atoms with Crippen molar-refractivity contribution in [3.8, 4) is 0 Å². The number of allylic oxidation sites excluding steroid dienone is 1. The Kier molecular flexibility index (Phi) is 5.65. The summed E-state index contributed by atoms with van der Waals surface area (Å²) in [6.07, 6.45) is 9.48. The highest BCUT2D eigenvalue weighted by molar-refractivity contribution is 5.85. The summed E-state index contributed by atoms with van der Waals surface area (Å²) in [4.78, 5) is 18.0. The smallest absolute Gasteiger partial charge is 0.140 e. The van der Waals surface area contributed by atoms with Crippen LogP contribution in [0, 0.1) is 11.8 Å². The van der Waals surface area contributed by atoms with Crippen molar-refractivity contribution in [1.29, 1.82) is 0 Å². The van der Waals surface area contributed by atoms with Crippen LogP contribution in [0.3, 0.4) is 0 Å². The normalized spacial score (nSPS) is 35.3. The van der Waals surface area contributed by atoms with Crippen LogP contribution >= 0.6 is 0 Å². The van der Waals surface area contributed by atoms with Gasteiger partial charge in [-0.15, -0.1) is 0 Å². The van der Waals surface area contributed by atoms with E-state index in [1.165, 1.54) is 16.7 Å². The summed E-state index contributed by atoms with van der Waals surface area (Å²) in [6, 6.07) is 11.8. The molecule has 0 unspecified atom stereocenters. The number of likely N-dealkylation sites (N-methyl/N-ethyl adjacent to an activating group) is 1. The highest BCUT2D eigenvalue weighted by atomic mass is 16.3. The van der Waals surface area contributed by atoms with E-state index in [1.807, 2.05) is 0 Å². The van der Waals surface area contributed by atoms with Gasteiger partial charge in [-0.05, 0) is 44.7 Å². The van der Waals surface area contributed by atoms with Crippen LogP contribution < -0.4 is 0 Å². The molecule has 1 aromatic carbocycles. The summed E-state index contributed by atoms with van der Waals surface area (Å²) in [5.74, 6) is 0.166. The fraction of sp³-hybridized carbons (Fsp3) is 0.577.